The Balaban J connectivity index is 1.90. The van der Waals surface area contributed by atoms with Gasteiger partial charge in [-0.25, -0.2) is 0 Å². The van der Waals surface area contributed by atoms with Crippen molar-refractivity contribution in [3.63, 3.8) is 0 Å². The van der Waals surface area contributed by atoms with Crippen LogP contribution in [0.5, 0.6) is 5.75 Å². The summed E-state index contributed by atoms with van der Waals surface area (Å²) in [5, 5.41) is 1.76. The fourth-order valence-electron chi connectivity index (χ4n) is 4.25. The van der Waals surface area contributed by atoms with Gasteiger partial charge in [-0.2, -0.15) is 0 Å². The van der Waals surface area contributed by atoms with Gasteiger partial charge < -0.3 is 0 Å². The fraction of sp³-hybridized carbons (Fsp3) is 0.258. The van der Waals surface area contributed by atoms with E-state index in [4.69, 9.17) is 3.32 Å². The Bertz CT molecular complexity index is 1200. The second-order valence-electron chi connectivity index (χ2n) is 10.8. The molecule has 174 valence electrons. The van der Waals surface area contributed by atoms with Gasteiger partial charge in [-0.1, -0.05) is 0 Å². The number of hydrogen-bond acceptors (Lipinski definition) is 1. The van der Waals surface area contributed by atoms with Crippen LogP contribution in [0, 0.1) is 6.92 Å². The zero-order valence-corrected chi connectivity index (χ0v) is 23.9. The molecule has 34 heavy (non-hydrogen) atoms. The Morgan fingerprint density at radius 3 is 1.94 bits per heavy atom. The first-order chi connectivity index (χ1) is 16.2. The number of benzene rings is 3. The zero-order valence-electron chi connectivity index (χ0n) is 21.4. The molecule has 0 unspecified atom stereocenters. The number of aryl methyl sites for hydroxylation is 1. The maximum absolute atomic E-state index is 7.14. The molecule has 1 nitrogen and oxygen atoms in total. The Morgan fingerprint density at radius 1 is 0.853 bits per heavy atom. The average molecular weight is 501 g/mol. The molecule has 0 saturated carbocycles. The van der Waals surface area contributed by atoms with Crippen molar-refractivity contribution in [2.75, 3.05) is 0 Å². The summed E-state index contributed by atoms with van der Waals surface area (Å²) in [4.78, 5) is 0. The van der Waals surface area contributed by atoms with Gasteiger partial charge in [-0.05, 0) is 0 Å². The van der Waals surface area contributed by atoms with E-state index in [1.165, 1.54) is 29.6 Å². The van der Waals surface area contributed by atoms with Crippen LogP contribution in [0.1, 0.15) is 43.9 Å². The van der Waals surface area contributed by atoms with Crippen molar-refractivity contribution in [1.29, 1.82) is 0 Å². The Labute approximate surface area is 213 Å². The molecule has 0 amide bonds. The summed E-state index contributed by atoms with van der Waals surface area (Å²) < 4.78 is 9.98. The third-order valence-electron chi connectivity index (χ3n) is 7.28. The molecule has 3 aromatic carbocycles. The van der Waals surface area contributed by atoms with Crippen molar-refractivity contribution in [2.24, 2.45) is 0 Å². The predicted molar refractivity (Wildman–Crippen MR) is 147 cm³/mol. The predicted octanol–water partition coefficient (Wildman–Crippen LogP) is 7.74. The monoisotopic (exact) mass is 500 g/mol. The molecule has 0 N–H and O–H groups in total. The van der Waals surface area contributed by atoms with Gasteiger partial charge >= 0.3 is 214 Å². The van der Waals surface area contributed by atoms with Crippen LogP contribution in [0.4, 0.5) is 0 Å². The Kier molecular flexibility index (Phi) is 7.42. The summed E-state index contributed by atoms with van der Waals surface area (Å²) in [6.07, 6.45) is 7.73. The molecule has 0 fully saturated rings. The summed E-state index contributed by atoms with van der Waals surface area (Å²) in [5.74, 6) is 1.03. The second kappa shape index (κ2) is 10.2. The summed E-state index contributed by atoms with van der Waals surface area (Å²) in [5.41, 5.74) is 3.83. The second-order valence-corrected chi connectivity index (χ2v) is 19.2. The molecule has 0 spiro atoms. The molecule has 0 radical (unpaired) electrons. The molecule has 4 rings (SSSR count). The van der Waals surface area contributed by atoms with Crippen molar-refractivity contribution in [2.45, 2.75) is 52.2 Å². The van der Waals surface area contributed by atoms with Gasteiger partial charge in [-0.15, -0.1) is 0 Å². The SMILES string of the molecule is Cc1cc([O][Ti]([C]2=CC=CC2)=[C](c2ccccc2)c2ccccc2)cc([Si](C)(C)C(C)(C)C)c1. The topological polar surface area (TPSA) is 9.23 Å². The molecule has 3 heteroatoms. The summed E-state index contributed by atoms with van der Waals surface area (Å²) in [7, 11) is -1.68. The van der Waals surface area contributed by atoms with Crippen molar-refractivity contribution in [3.05, 3.63) is 118 Å². The maximum atomic E-state index is 7.14. The van der Waals surface area contributed by atoms with Crippen LogP contribution in [-0.2, 0) is 17.8 Å². The molecule has 0 atom stereocenters. The van der Waals surface area contributed by atoms with Gasteiger partial charge in [0.15, 0.2) is 0 Å². The molecule has 1 aliphatic rings. The molecule has 0 bridgehead atoms. The van der Waals surface area contributed by atoms with Crippen LogP contribution in [0.15, 0.2) is 101 Å². The Hall–Kier alpha value is -2.26. The van der Waals surface area contributed by atoms with Crippen LogP contribution in [0.3, 0.4) is 0 Å². The third kappa shape index (κ3) is 5.35. The third-order valence-corrected chi connectivity index (χ3v) is 16.6. The first kappa shape index (κ1) is 24.9. The van der Waals surface area contributed by atoms with Crippen LogP contribution >= 0.6 is 0 Å². The summed E-state index contributed by atoms with van der Waals surface area (Å²) in [6.45, 7) is 14.3. The van der Waals surface area contributed by atoms with Crippen molar-refractivity contribution in [1.82, 2.24) is 0 Å². The minimum atomic E-state index is -2.35. The zero-order chi connectivity index (χ0) is 24.3. The standard InChI is InChI=1S/C13H22OSi.C13H10.C5H5.Ti/c1-10-7-11(14)9-12(8-10)15(5,6)13(2,3)4;1-3-7-12(8-4-1)11-13-9-5-2-6-10-13;1-2-4-5-3-1;/h7-9,14H,1-6H3;1-10H;1-3H,4H2;/q;;;+1/p-1. The van der Waals surface area contributed by atoms with Crippen molar-refractivity contribution in [3.8, 4) is 5.75 Å². The fourth-order valence-corrected chi connectivity index (χ4v) is 9.82. The molecule has 0 saturated heterocycles. The van der Waals surface area contributed by atoms with Gasteiger partial charge in [0.2, 0.25) is 0 Å². The number of hydrogen-bond donors (Lipinski definition) is 0. The molecule has 1 aliphatic carbocycles. The van der Waals surface area contributed by atoms with Gasteiger partial charge in [0.05, 0.1) is 0 Å². The van der Waals surface area contributed by atoms with E-state index >= 15 is 0 Å². The van der Waals surface area contributed by atoms with E-state index in [2.05, 4.69) is 138 Å². The molecule has 3 aromatic rings. The Morgan fingerprint density at radius 2 is 1.44 bits per heavy atom. The molecule has 0 aliphatic heterocycles. The first-order valence-corrected chi connectivity index (χ1v) is 17.4. The molecule has 0 aromatic heterocycles. The van der Waals surface area contributed by atoms with Crippen molar-refractivity contribution < 1.29 is 21.1 Å². The quantitative estimate of drug-likeness (QED) is 0.315. The van der Waals surface area contributed by atoms with Crippen LogP contribution in [-0.4, -0.2) is 11.9 Å². The number of allylic oxidation sites excluding steroid dienone is 4. The molecule has 0 heterocycles. The first-order valence-electron chi connectivity index (χ1n) is 12.2. The van der Waals surface area contributed by atoms with Gasteiger partial charge in [0.1, 0.15) is 0 Å². The normalized spacial score (nSPS) is 13.5. The summed E-state index contributed by atoms with van der Waals surface area (Å²) >= 11 is -2.35. The van der Waals surface area contributed by atoms with E-state index < -0.39 is 25.9 Å². The van der Waals surface area contributed by atoms with E-state index in [1.54, 1.807) is 0 Å². The van der Waals surface area contributed by atoms with E-state index in [-0.39, 0.29) is 5.04 Å². The number of rotatable bonds is 6. The van der Waals surface area contributed by atoms with Crippen LogP contribution in [0.2, 0.25) is 18.1 Å². The van der Waals surface area contributed by atoms with E-state index in [1.807, 2.05) is 0 Å². The summed E-state index contributed by atoms with van der Waals surface area (Å²) in [6, 6.07) is 28.7. The van der Waals surface area contributed by atoms with E-state index in [0.717, 1.165) is 12.2 Å². The average Bonchev–Trinajstić information content (AvgIpc) is 3.34. The molecular weight excluding hydrogens is 464 g/mol. The van der Waals surface area contributed by atoms with Gasteiger partial charge in [-0.3, -0.25) is 0 Å². The molecular formula is C31H36OSiTi. The van der Waals surface area contributed by atoms with E-state index in [0.29, 0.717) is 0 Å². The van der Waals surface area contributed by atoms with Crippen LogP contribution in [0.25, 0.3) is 0 Å². The van der Waals surface area contributed by atoms with E-state index in [9.17, 15) is 0 Å². The van der Waals surface area contributed by atoms with Gasteiger partial charge in [0.25, 0.3) is 0 Å². The minimum absolute atomic E-state index is 0.278. The van der Waals surface area contributed by atoms with Gasteiger partial charge in [0, 0.05) is 0 Å². The van der Waals surface area contributed by atoms with Crippen LogP contribution < -0.4 is 8.51 Å². The van der Waals surface area contributed by atoms with Crippen molar-refractivity contribution >= 4 is 17.1 Å².